The number of benzene rings is 3. The fraction of sp³-hybridized carbons (Fsp3) is 0.0645. The summed E-state index contributed by atoms with van der Waals surface area (Å²) in [5, 5.41) is 9.17. The molecule has 3 aromatic carbocycles. The van der Waals surface area contributed by atoms with Crippen molar-refractivity contribution in [3.63, 3.8) is 0 Å². The first-order valence-electron chi connectivity index (χ1n) is 11.7. The molecule has 1 aromatic heterocycles. The van der Waals surface area contributed by atoms with Crippen molar-refractivity contribution in [1.82, 2.24) is 4.90 Å². The average molecular weight is 490 g/mol. The SMILES string of the molecule is CC(=O)c1ccc(-c2ccc(/C=C3\C=C(c4ccccc4)N(Cc4ccc(C(=O)O)cc4)C3=O)o2)cc1. The van der Waals surface area contributed by atoms with Crippen LogP contribution in [0.4, 0.5) is 0 Å². The van der Waals surface area contributed by atoms with Crippen molar-refractivity contribution in [2.45, 2.75) is 13.5 Å². The molecule has 0 bridgehead atoms. The van der Waals surface area contributed by atoms with E-state index in [-0.39, 0.29) is 17.3 Å². The van der Waals surface area contributed by atoms with Crippen molar-refractivity contribution in [1.29, 1.82) is 0 Å². The highest BCUT2D eigenvalue weighted by atomic mass is 16.4. The van der Waals surface area contributed by atoms with Gasteiger partial charge in [0.2, 0.25) is 0 Å². The first-order valence-corrected chi connectivity index (χ1v) is 11.7. The first kappa shape index (κ1) is 23.8. The number of ketones is 1. The van der Waals surface area contributed by atoms with Crippen molar-refractivity contribution in [2.75, 3.05) is 0 Å². The molecule has 5 rings (SSSR count). The summed E-state index contributed by atoms with van der Waals surface area (Å²) in [5.74, 6) is -0.00339. The maximum absolute atomic E-state index is 13.5. The van der Waals surface area contributed by atoms with Crippen LogP contribution in [0, 0.1) is 0 Å². The molecule has 0 spiro atoms. The van der Waals surface area contributed by atoms with Crippen molar-refractivity contribution >= 4 is 29.4 Å². The third kappa shape index (κ3) is 5.04. The van der Waals surface area contributed by atoms with E-state index >= 15 is 0 Å². The number of aromatic carboxylic acids is 1. The fourth-order valence-corrected chi connectivity index (χ4v) is 4.20. The molecule has 0 radical (unpaired) electrons. The molecule has 0 aliphatic carbocycles. The summed E-state index contributed by atoms with van der Waals surface area (Å²) in [5.41, 5.74) is 4.60. The number of hydrogen-bond donors (Lipinski definition) is 1. The Morgan fingerprint density at radius 2 is 1.51 bits per heavy atom. The zero-order valence-electron chi connectivity index (χ0n) is 20.0. The van der Waals surface area contributed by atoms with Crippen LogP contribution in [-0.4, -0.2) is 27.7 Å². The smallest absolute Gasteiger partial charge is 0.335 e. The summed E-state index contributed by atoms with van der Waals surface area (Å²) in [6.07, 6.45) is 3.55. The lowest BCUT2D eigenvalue weighted by Crippen LogP contribution is -2.25. The molecule has 1 aliphatic heterocycles. The molecule has 0 atom stereocenters. The van der Waals surface area contributed by atoms with E-state index in [9.17, 15) is 19.5 Å². The number of carboxylic acids is 1. The van der Waals surface area contributed by atoms with Crippen LogP contribution in [0.15, 0.2) is 107 Å². The summed E-state index contributed by atoms with van der Waals surface area (Å²) in [7, 11) is 0. The molecule has 4 aromatic rings. The quantitative estimate of drug-likeness (QED) is 0.243. The maximum atomic E-state index is 13.5. The lowest BCUT2D eigenvalue weighted by Gasteiger charge is -2.21. The van der Waals surface area contributed by atoms with Crippen LogP contribution in [0.25, 0.3) is 23.1 Å². The fourth-order valence-electron chi connectivity index (χ4n) is 4.20. The molecule has 1 amide bonds. The number of rotatable bonds is 7. The van der Waals surface area contributed by atoms with Gasteiger partial charge in [0.1, 0.15) is 11.5 Å². The predicted octanol–water partition coefficient (Wildman–Crippen LogP) is 6.31. The number of amides is 1. The molecule has 1 N–H and O–H groups in total. The van der Waals surface area contributed by atoms with E-state index in [4.69, 9.17) is 4.42 Å². The summed E-state index contributed by atoms with van der Waals surface area (Å²) in [6, 6.07) is 27.0. The van der Waals surface area contributed by atoms with Crippen LogP contribution >= 0.6 is 0 Å². The molecule has 1 aliphatic rings. The van der Waals surface area contributed by atoms with Crippen LogP contribution in [0.2, 0.25) is 0 Å². The second kappa shape index (κ2) is 9.95. The van der Waals surface area contributed by atoms with Gasteiger partial charge < -0.3 is 14.4 Å². The molecule has 6 heteroatoms. The topological polar surface area (TPSA) is 87.8 Å². The number of carbonyl (C=O) groups is 3. The third-order valence-electron chi connectivity index (χ3n) is 6.19. The van der Waals surface area contributed by atoms with E-state index in [0.717, 1.165) is 22.4 Å². The number of nitrogens with zero attached hydrogens (tertiary/aromatic N) is 1. The van der Waals surface area contributed by atoms with E-state index in [0.29, 0.717) is 29.2 Å². The molecule has 0 saturated carbocycles. The Balaban J connectivity index is 1.44. The number of hydrogen-bond acceptors (Lipinski definition) is 4. The highest BCUT2D eigenvalue weighted by molar-refractivity contribution is 6.10. The molecular formula is C31H23NO5. The second-order valence-electron chi connectivity index (χ2n) is 8.72. The van der Waals surface area contributed by atoms with E-state index in [1.165, 1.54) is 19.1 Å². The first-order chi connectivity index (χ1) is 17.9. The molecule has 37 heavy (non-hydrogen) atoms. The molecule has 2 heterocycles. The van der Waals surface area contributed by atoms with Gasteiger partial charge in [-0.3, -0.25) is 9.59 Å². The molecule has 6 nitrogen and oxygen atoms in total. The van der Waals surface area contributed by atoms with E-state index in [1.54, 1.807) is 41.3 Å². The van der Waals surface area contributed by atoms with E-state index in [1.807, 2.05) is 54.6 Å². The van der Waals surface area contributed by atoms with Gasteiger partial charge in [0.05, 0.1) is 17.8 Å². The molecule has 0 unspecified atom stereocenters. The van der Waals surface area contributed by atoms with E-state index in [2.05, 4.69) is 0 Å². The maximum Gasteiger partial charge on any atom is 0.335 e. The lowest BCUT2D eigenvalue weighted by atomic mass is 10.1. The van der Waals surface area contributed by atoms with Crippen molar-refractivity contribution in [2.24, 2.45) is 0 Å². The number of carboxylic acid groups (broad SMARTS) is 1. The zero-order chi connectivity index (χ0) is 25.9. The Labute approximate surface area is 213 Å². The summed E-state index contributed by atoms with van der Waals surface area (Å²) in [4.78, 5) is 37.9. The van der Waals surface area contributed by atoms with Gasteiger partial charge in [-0.15, -0.1) is 0 Å². The van der Waals surface area contributed by atoms with Gasteiger partial charge in [0.15, 0.2) is 5.78 Å². The van der Waals surface area contributed by atoms with Crippen LogP contribution in [0.1, 0.15) is 44.5 Å². The van der Waals surface area contributed by atoms with E-state index < -0.39 is 5.97 Å². The van der Waals surface area contributed by atoms with Gasteiger partial charge in [0.25, 0.3) is 5.91 Å². The van der Waals surface area contributed by atoms with Gasteiger partial charge in [-0.1, -0.05) is 66.7 Å². The number of carbonyl (C=O) groups excluding carboxylic acids is 2. The van der Waals surface area contributed by atoms with Crippen LogP contribution in [-0.2, 0) is 11.3 Å². The third-order valence-corrected chi connectivity index (χ3v) is 6.19. The zero-order valence-corrected chi connectivity index (χ0v) is 20.0. The van der Waals surface area contributed by atoms with Crippen LogP contribution in [0.5, 0.6) is 0 Å². The molecule has 0 saturated heterocycles. The Morgan fingerprint density at radius 3 is 2.16 bits per heavy atom. The normalized spacial score (nSPS) is 14.2. The lowest BCUT2D eigenvalue weighted by molar-refractivity contribution is -0.123. The van der Waals surface area contributed by atoms with Crippen LogP contribution in [0.3, 0.4) is 0 Å². The standard InChI is InChI=1S/C31H23NO5/c1-20(33)22-11-13-24(14-12-22)29-16-15-27(37-29)17-26-18-28(23-5-3-2-4-6-23)32(30(26)34)19-21-7-9-25(10-8-21)31(35)36/h2-18H,19H2,1H3,(H,35,36)/b26-17+. The monoisotopic (exact) mass is 489 g/mol. The highest BCUT2D eigenvalue weighted by Gasteiger charge is 2.29. The number of furan rings is 1. The van der Waals surface area contributed by atoms with Gasteiger partial charge >= 0.3 is 5.97 Å². The predicted molar refractivity (Wildman–Crippen MR) is 140 cm³/mol. The molecular weight excluding hydrogens is 466 g/mol. The van der Waals surface area contributed by atoms with Crippen molar-refractivity contribution in [3.8, 4) is 11.3 Å². The van der Waals surface area contributed by atoms with Crippen molar-refractivity contribution < 1.29 is 23.9 Å². The minimum Gasteiger partial charge on any atom is -0.478 e. The summed E-state index contributed by atoms with van der Waals surface area (Å²) >= 11 is 0. The molecule has 182 valence electrons. The van der Waals surface area contributed by atoms with Crippen molar-refractivity contribution in [3.05, 3.63) is 131 Å². The van der Waals surface area contributed by atoms with Gasteiger partial charge in [0, 0.05) is 16.7 Å². The Hall–Kier alpha value is -4.97. The Morgan fingerprint density at radius 1 is 0.838 bits per heavy atom. The Bertz CT molecular complexity index is 1540. The average Bonchev–Trinajstić information content (AvgIpc) is 3.50. The molecule has 0 fully saturated rings. The second-order valence-corrected chi connectivity index (χ2v) is 8.72. The van der Waals surface area contributed by atoms with Crippen LogP contribution < -0.4 is 0 Å². The largest absolute Gasteiger partial charge is 0.478 e. The van der Waals surface area contributed by atoms with Gasteiger partial charge in [-0.2, -0.15) is 0 Å². The highest BCUT2D eigenvalue weighted by Crippen LogP contribution is 2.33. The minimum absolute atomic E-state index is 0.000413. The number of Topliss-reactive ketones (excluding diaryl/α,β-unsaturated/α-hetero) is 1. The minimum atomic E-state index is -0.994. The van der Waals surface area contributed by atoms with Gasteiger partial charge in [-0.25, -0.2) is 4.79 Å². The Kier molecular flexibility index (Phi) is 6.39. The van der Waals surface area contributed by atoms with Gasteiger partial charge in [-0.05, 0) is 54.5 Å². The summed E-state index contributed by atoms with van der Waals surface area (Å²) in [6.45, 7) is 1.82. The summed E-state index contributed by atoms with van der Waals surface area (Å²) < 4.78 is 5.99.